The van der Waals surface area contributed by atoms with Crippen molar-refractivity contribution in [3.8, 4) is 0 Å². The molecule has 2 aromatic rings. The van der Waals surface area contributed by atoms with Gasteiger partial charge >= 0.3 is 6.09 Å². The third kappa shape index (κ3) is 4.52. The van der Waals surface area contributed by atoms with E-state index in [1.165, 1.54) is 0 Å². The van der Waals surface area contributed by atoms with Crippen LogP contribution in [0, 0.1) is 13.8 Å². The van der Waals surface area contributed by atoms with Crippen molar-refractivity contribution in [3.05, 3.63) is 52.8 Å². The van der Waals surface area contributed by atoms with Crippen LogP contribution in [-0.2, 0) is 11.3 Å². The number of carbonyl (C=O) groups is 2. The molecule has 7 nitrogen and oxygen atoms in total. The lowest BCUT2D eigenvalue weighted by Gasteiger charge is -2.31. The number of rotatable bonds is 5. The van der Waals surface area contributed by atoms with Gasteiger partial charge in [-0.2, -0.15) is 5.10 Å². The van der Waals surface area contributed by atoms with E-state index in [1.54, 1.807) is 11.8 Å². The van der Waals surface area contributed by atoms with Crippen LogP contribution in [0.2, 0.25) is 0 Å². The lowest BCUT2D eigenvalue weighted by molar-refractivity contribution is 0.0859. The molecule has 2 heterocycles. The number of piperidine rings is 1. The zero-order valence-electron chi connectivity index (χ0n) is 16.8. The van der Waals surface area contributed by atoms with Crippen molar-refractivity contribution in [2.24, 2.45) is 0 Å². The first-order valence-corrected chi connectivity index (χ1v) is 9.80. The molecule has 1 fully saturated rings. The van der Waals surface area contributed by atoms with Gasteiger partial charge in [0, 0.05) is 24.8 Å². The van der Waals surface area contributed by atoms with Crippen LogP contribution in [0.1, 0.15) is 47.1 Å². The number of carbonyl (C=O) groups excluding carboxylic acids is 2. The SMILES string of the molecule is CCOC(=O)N1CCC(NC(=O)c2c(C)nn(Cc3ccccc3)c2C)CC1. The fourth-order valence-corrected chi connectivity index (χ4v) is 3.61. The number of nitrogens with zero attached hydrogens (tertiary/aromatic N) is 3. The summed E-state index contributed by atoms with van der Waals surface area (Å²) < 4.78 is 6.92. The Labute approximate surface area is 165 Å². The number of hydrogen-bond acceptors (Lipinski definition) is 4. The lowest BCUT2D eigenvalue weighted by Crippen LogP contribution is -2.46. The van der Waals surface area contributed by atoms with E-state index in [-0.39, 0.29) is 18.0 Å². The van der Waals surface area contributed by atoms with Crippen LogP contribution < -0.4 is 5.32 Å². The first kappa shape index (κ1) is 19.9. The highest BCUT2D eigenvalue weighted by Crippen LogP contribution is 2.17. The topological polar surface area (TPSA) is 76.5 Å². The van der Waals surface area contributed by atoms with Crippen molar-refractivity contribution >= 4 is 12.0 Å². The summed E-state index contributed by atoms with van der Waals surface area (Å²) in [5, 5.41) is 7.68. The Bertz CT molecular complexity index is 824. The Morgan fingerprint density at radius 3 is 2.50 bits per heavy atom. The maximum atomic E-state index is 12.9. The summed E-state index contributed by atoms with van der Waals surface area (Å²) in [6.07, 6.45) is 1.17. The smallest absolute Gasteiger partial charge is 0.409 e. The quantitative estimate of drug-likeness (QED) is 0.860. The standard InChI is InChI=1S/C21H28N4O3/c1-4-28-21(27)24-12-10-18(11-13-24)22-20(26)19-15(2)23-25(16(19)3)14-17-8-6-5-7-9-17/h5-9,18H,4,10-14H2,1-3H3,(H,22,26). The molecule has 3 rings (SSSR count). The van der Waals surface area contributed by atoms with Crippen molar-refractivity contribution in [2.75, 3.05) is 19.7 Å². The summed E-state index contributed by atoms with van der Waals surface area (Å²) in [6.45, 7) is 7.80. The molecule has 0 spiro atoms. The molecule has 7 heteroatoms. The summed E-state index contributed by atoms with van der Waals surface area (Å²) >= 11 is 0. The number of aryl methyl sites for hydroxylation is 1. The van der Waals surface area contributed by atoms with Crippen molar-refractivity contribution < 1.29 is 14.3 Å². The van der Waals surface area contributed by atoms with Gasteiger partial charge in [-0.05, 0) is 39.2 Å². The van der Waals surface area contributed by atoms with Gasteiger partial charge in [-0.1, -0.05) is 30.3 Å². The molecule has 0 bridgehead atoms. The van der Waals surface area contributed by atoms with Crippen LogP contribution in [0.15, 0.2) is 30.3 Å². The molecule has 0 radical (unpaired) electrons. The number of hydrogen-bond donors (Lipinski definition) is 1. The molecule has 1 aromatic heterocycles. The summed E-state index contributed by atoms with van der Waals surface area (Å²) in [5.74, 6) is -0.0936. The highest BCUT2D eigenvalue weighted by Gasteiger charge is 2.26. The number of nitrogens with one attached hydrogen (secondary N) is 1. The van der Waals surface area contributed by atoms with Gasteiger partial charge in [0.05, 0.1) is 24.4 Å². The van der Waals surface area contributed by atoms with E-state index in [4.69, 9.17) is 4.74 Å². The number of ether oxygens (including phenoxy) is 1. The molecule has 150 valence electrons. The Morgan fingerprint density at radius 2 is 1.86 bits per heavy atom. The van der Waals surface area contributed by atoms with Crippen LogP contribution in [0.5, 0.6) is 0 Å². The number of amides is 2. The molecule has 1 aliphatic rings. The van der Waals surface area contributed by atoms with Crippen LogP contribution >= 0.6 is 0 Å². The van der Waals surface area contributed by atoms with E-state index in [0.29, 0.717) is 31.8 Å². The fraction of sp³-hybridized carbons (Fsp3) is 0.476. The summed E-state index contributed by atoms with van der Waals surface area (Å²) in [7, 11) is 0. The minimum atomic E-state index is -0.277. The van der Waals surface area contributed by atoms with Crippen LogP contribution in [-0.4, -0.2) is 52.4 Å². The Kier molecular flexibility index (Phi) is 6.34. The third-order valence-electron chi connectivity index (χ3n) is 5.14. The number of benzene rings is 1. The molecule has 1 aliphatic heterocycles. The maximum Gasteiger partial charge on any atom is 0.409 e. The van der Waals surface area contributed by atoms with Crippen LogP contribution in [0.3, 0.4) is 0 Å². The third-order valence-corrected chi connectivity index (χ3v) is 5.14. The second-order valence-electron chi connectivity index (χ2n) is 7.12. The van der Waals surface area contributed by atoms with E-state index in [0.717, 1.165) is 29.8 Å². The van der Waals surface area contributed by atoms with E-state index in [9.17, 15) is 9.59 Å². The predicted octanol–water partition coefficient (Wildman–Crippen LogP) is 2.90. The van der Waals surface area contributed by atoms with Crippen LogP contribution in [0.4, 0.5) is 4.79 Å². The average molecular weight is 384 g/mol. The molecule has 0 aliphatic carbocycles. The first-order chi connectivity index (χ1) is 13.5. The molecule has 2 amide bonds. The van der Waals surface area contributed by atoms with Gasteiger partial charge in [0.25, 0.3) is 5.91 Å². The lowest BCUT2D eigenvalue weighted by atomic mass is 10.0. The molecule has 0 unspecified atom stereocenters. The summed E-state index contributed by atoms with van der Waals surface area (Å²) in [5.41, 5.74) is 3.38. The average Bonchev–Trinajstić information content (AvgIpc) is 2.96. The highest BCUT2D eigenvalue weighted by molar-refractivity contribution is 5.96. The minimum absolute atomic E-state index is 0.0504. The number of aromatic nitrogens is 2. The molecular formula is C21H28N4O3. The molecule has 28 heavy (non-hydrogen) atoms. The van der Waals surface area contributed by atoms with Crippen molar-refractivity contribution in [1.82, 2.24) is 20.0 Å². The largest absolute Gasteiger partial charge is 0.450 e. The zero-order chi connectivity index (χ0) is 20.1. The Balaban J connectivity index is 1.61. The van der Waals surface area contributed by atoms with Crippen LogP contribution in [0.25, 0.3) is 0 Å². The number of likely N-dealkylation sites (tertiary alicyclic amines) is 1. The molecule has 1 saturated heterocycles. The molecular weight excluding hydrogens is 356 g/mol. The molecule has 1 N–H and O–H groups in total. The maximum absolute atomic E-state index is 12.9. The molecule has 0 atom stereocenters. The monoisotopic (exact) mass is 384 g/mol. The summed E-state index contributed by atoms with van der Waals surface area (Å²) in [6, 6.07) is 10.1. The normalized spacial score (nSPS) is 14.8. The van der Waals surface area contributed by atoms with E-state index < -0.39 is 0 Å². The van der Waals surface area contributed by atoms with Gasteiger partial charge in [0.2, 0.25) is 0 Å². The van der Waals surface area contributed by atoms with Crippen molar-refractivity contribution in [3.63, 3.8) is 0 Å². The van der Waals surface area contributed by atoms with Gasteiger partial charge in [-0.3, -0.25) is 9.48 Å². The van der Waals surface area contributed by atoms with Crippen molar-refractivity contribution in [1.29, 1.82) is 0 Å². The van der Waals surface area contributed by atoms with Gasteiger partial charge in [0.1, 0.15) is 0 Å². The predicted molar refractivity (Wildman–Crippen MR) is 106 cm³/mol. The van der Waals surface area contributed by atoms with E-state index in [1.807, 2.05) is 48.9 Å². The molecule has 0 saturated carbocycles. The highest BCUT2D eigenvalue weighted by atomic mass is 16.6. The second-order valence-corrected chi connectivity index (χ2v) is 7.12. The van der Waals surface area contributed by atoms with Gasteiger partial charge in [-0.25, -0.2) is 4.79 Å². The first-order valence-electron chi connectivity index (χ1n) is 9.80. The van der Waals surface area contributed by atoms with Crippen molar-refractivity contribution in [2.45, 2.75) is 46.2 Å². The second kappa shape index (κ2) is 8.91. The Hall–Kier alpha value is -2.83. The van der Waals surface area contributed by atoms with E-state index >= 15 is 0 Å². The van der Waals surface area contributed by atoms with E-state index in [2.05, 4.69) is 10.4 Å². The fourth-order valence-electron chi connectivity index (χ4n) is 3.61. The molecule has 1 aromatic carbocycles. The van der Waals surface area contributed by atoms with Gasteiger partial charge in [-0.15, -0.1) is 0 Å². The zero-order valence-corrected chi connectivity index (χ0v) is 16.8. The summed E-state index contributed by atoms with van der Waals surface area (Å²) in [4.78, 5) is 26.4. The van der Waals surface area contributed by atoms with Gasteiger partial charge < -0.3 is 15.0 Å². The minimum Gasteiger partial charge on any atom is -0.450 e. The Morgan fingerprint density at radius 1 is 1.18 bits per heavy atom. The van der Waals surface area contributed by atoms with Gasteiger partial charge in [0.15, 0.2) is 0 Å².